The van der Waals surface area contributed by atoms with E-state index in [1.807, 2.05) is 6.92 Å². The van der Waals surface area contributed by atoms with Crippen LogP contribution in [0.2, 0.25) is 5.15 Å². The minimum Gasteiger partial charge on any atom is -0.334 e. The normalized spacial score (nSPS) is 16.4. The Hall–Kier alpha value is -1.92. The lowest BCUT2D eigenvalue weighted by Gasteiger charge is -2.27. The molecule has 5 nitrogen and oxygen atoms in total. The molecule has 0 unspecified atom stereocenters. The average Bonchev–Trinajstić information content (AvgIpc) is 2.82. The molecule has 1 aromatic carbocycles. The third-order valence-corrected chi connectivity index (χ3v) is 4.43. The van der Waals surface area contributed by atoms with Gasteiger partial charge in [0.1, 0.15) is 11.0 Å². The summed E-state index contributed by atoms with van der Waals surface area (Å²) in [6.45, 7) is 5.93. The summed E-state index contributed by atoms with van der Waals surface area (Å²) >= 11 is 6.44. The second-order valence-electron chi connectivity index (χ2n) is 5.83. The molecule has 2 aromatic rings. The zero-order chi connectivity index (χ0) is 16.4. The van der Waals surface area contributed by atoms with E-state index < -0.39 is 0 Å². The van der Waals surface area contributed by atoms with Gasteiger partial charge in [-0.2, -0.15) is 10.2 Å². The summed E-state index contributed by atoms with van der Waals surface area (Å²) in [6, 6.07) is 6.08. The van der Waals surface area contributed by atoms with Crippen LogP contribution in [0.4, 0.5) is 4.39 Å². The molecule has 0 saturated carbocycles. The standard InChI is InChI=1S/C16H19ClFN5/c1-12-15(11-19-22-9-7-21(2)8-10-22)16(17)23(20-12)14-5-3-13(18)4-6-14/h3-6,11H,7-10H2,1-2H3/p+1/b19-11-. The van der Waals surface area contributed by atoms with Gasteiger partial charge in [0.25, 0.3) is 0 Å². The first-order chi connectivity index (χ1) is 11.0. The van der Waals surface area contributed by atoms with Crippen LogP contribution >= 0.6 is 11.6 Å². The number of halogens is 2. The van der Waals surface area contributed by atoms with Gasteiger partial charge in [-0.1, -0.05) is 11.6 Å². The molecule has 0 atom stereocenters. The first-order valence-corrected chi connectivity index (χ1v) is 8.03. The summed E-state index contributed by atoms with van der Waals surface area (Å²) in [5.74, 6) is -0.285. The fourth-order valence-electron chi connectivity index (χ4n) is 2.54. The molecule has 1 N–H and O–H groups in total. The molecule has 0 radical (unpaired) electrons. The van der Waals surface area contributed by atoms with Crippen molar-refractivity contribution in [1.29, 1.82) is 0 Å². The zero-order valence-electron chi connectivity index (χ0n) is 13.3. The van der Waals surface area contributed by atoms with E-state index in [2.05, 4.69) is 22.3 Å². The maximum Gasteiger partial charge on any atom is 0.142 e. The van der Waals surface area contributed by atoms with Crippen LogP contribution in [0, 0.1) is 12.7 Å². The van der Waals surface area contributed by atoms with Gasteiger partial charge in [0.2, 0.25) is 0 Å². The number of quaternary nitrogens is 1. The van der Waals surface area contributed by atoms with E-state index in [0.717, 1.165) is 43.1 Å². The van der Waals surface area contributed by atoms with Crippen molar-refractivity contribution in [3.8, 4) is 5.69 Å². The molecule has 1 aliphatic heterocycles. The van der Waals surface area contributed by atoms with Crippen LogP contribution in [0.15, 0.2) is 29.4 Å². The second kappa shape index (κ2) is 6.68. The molecule has 0 amide bonds. The number of hydrogen-bond acceptors (Lipinski definition) is 3. The highest BCUT2D eigenvalue weighted by molar-refractivity contribution is 6.32. The van der Waals surface area contributed by atoms with Gasteiger partial charge in [-0.15, -0.1) is 0 Å². The molecule has 0 spiro atoms. The average molecular weight is 337 g/mol. The van der Waals surface area contributed by atoms with Crippen LogP contribution in [-0.2, 0) is 0 Å². The lowest BCUT2D eigenvalue weighted by molar-refractivity contribution is -0.884. The number of likely N-dealkylation sites (N-methyl/N-ethyl adjacent to an activating group) is 1. The third-order valence-electron chi connectivity index (χ3n) is 4.06. The fraction of sp³-hybridized carbons (Fsp3) is 0.375. The smallest absolute Gasteiger partial charge is 0.142 e. The number of rotatable bonds is 3. The monoisotopic (exact) mass is 336 g/mol. The van der Waals surface area contributed by atoms with Crippen molar-refractivity contribution in [3.63, 3.8) is 0 Å². The van der Waals surface area contributed by atoms with Crippen molar-refractivity contribution in [2.75, 3.05) is 33.2 Å². The van der Waals surface area contributed by atoms with Crippen molar-refractivity contribution >= 4 is 17.8 Å². The Kier molecular flexibility index (Phi) is 4.63. The molecule has 0 bridgehead atoms. The van der Waals surface area contributed by atoms with Gasteiger partial charge in [0.15, 0.2) is 0 Å². The molecule has 2 heterocycles. The van der Waals surface area contributed by atoms with Crippen molar-refractivity contribution in [1.82, 2.24) is 14.8 Å². The minimum atomic E-state index is -0.285. The molecule has 1 saturated heterocycles. The van der Waals surface area contributed by atoms with E-state index >= 15 is 0 Å². The molecule has 7 heteroatoms. The first-order valence-electron chi connectivity index (χ1n) is 7.66. The highest BCUT2D eigenvalue weighted by atomic mass is 35.5. The molecular weight excluding hydrogens is 317 g/mol. The molecule has 0 aliphatic carbocycles. The molecule has 1 aromatic heterocycles. The van der Waals surface area contributed by atoms with E-state index in [1.54, 1.807) is 23.0 Å². The van der Waals surface area contributed by atoms with Crippen LogP contribution in [0.25, 0.3) is 5.69 Å². The topological polar surface area (TPSA) is 37.9 Å². The number of nitrogens with zero attached hydrogens (tertiary/aromatic N) is 4. The van der Waals surface area contributed by atoms with Gasteiger partial charge in [-0.25, -0.2) is 9.07 Å². The molecule has 3 rings (SSSR count). The Bertz CT molecular complexity index is 702. The highest BCUT2D eigenvalue weighted by Gasteiger charge is 2.16. The molecular formula is C16H20ClFN5+. The summed E-state index contributed by atoms with van der Waals surface area (Å²) < 4.78 is 14.7. The quantitative estimate of drug-likeness (QED) is 0.854. The van der Waals surface area contributed by atoms with E-state index in [-0.39, 0.29) is 5.82 Å². The summed E-state index contributed by atoms with van der Waals surface area (Å²) in [7, 11) is 2.19. The number of nitrogens with one attached hydrogen (secondary N) is 1. The van der Waals surface area contributed by atoms with E-state index in [0.29, 0.717) is 5.15 Å². The van der Waals surface area contributed by atoms with Gasteiger partial charge < -0.3 is 4.90 Å². The molecule has 1 fully saturated rings. The van der Waals surface area contributed by atoms with Gasteiger partial charge in [0, 0.05) is 0 Å². The maximum atomic E-state index is 13.1. The molecule has 122 valence electrons. The minimum absolute atomic E-state index is 0.285. The summed E-state index contributed by atoms with van der Waals surface area (Å²) in [5, 5.41) is 11.5. The van der Waals surface area contributed by atoms with Crippen molar-refractivity contribution in [2.24, 2.45) is 5.10 Å². The number of aryl methyl sites for hydroxylation is 1. The van der Waals surface area contributed by atoms with Gasteiger partial charge in [-0.3, -0.25) is 5.01 Å². The van der Waals surface area contributed by atoms with Crippen LogP contribution in [-0.4, -0.2) is 54.2 Å². The highest BCUT2D eigenvalue weighted by Crippen LogP contribution is 2.22. The number of aromatic nitrogens is 2. The van der Waals surface area contributed by atoms with E-state index in [4.69, 9.17) is 11.6 Å². The Morgan fingerprint density at radius 1 is 1.26 bits per heavy atom. The van der Waals surface area contributed by atoms with Crippen LogP contribution in [0.1, 0.15) is 11.3 Å². The number of piperazine rings is 1. The van der Waals surface area contributed by atoms with Gasteiger partial charge in [0.05, 0.1) is 56.4 Å². The van der Waals surface area contributed by atoms with E-state index in [1.165, 1.54) is 17.0 Å². The predicted molar refractivity (Wildman–Crippen MR) is 89.1 cm³/mol. The zero-order valence-corrected chi connectivity index (χ0v) is 14.0. The summed E-state index contributed by atoms with van der Waals surface area (Å²) in [4.78, 5) is 1.52. The Labute approximate surface area is 139 Å². The lowest BCUT2D eigenvalue weighted by Crippen LogP contribution is -3.11. The maximum absolute atomic E-state index is 13.1. The van der Waals surface area contributed by atoms with Crippen LogP contribution in [0.3, 0.4) is 0 Å². The number of hydrogen-bond donors (Lipinski definition) is 1. The fourth-order valence-corrected chi connectivity index (χ4v) is 2.86. The van der Waals surface area contributed by atoms with Gasteiger partial charge in [-0.05, 0) is 31.2 Å². The largest absolute Gasteiger partial charge is 0.334 e. The predicted octanol–water partition coefficient (Wildman–Crippen LogP) is 1.14. The first kappa shape index (κ1) is 16.0. The Morgan fingerprint density at radius 3 is 2.57 bits per heavy atom. The Morgan fingerprint density at radius 2 is 1.91 bits per heavy atom. The number of hydrazone groups is 1. The van der Waals surface area contributed by atoms with Crippen LogP contribution < -0.4 is 4.90 Å². The van der Waals surface area contributed by atoms with Crippen LogP contribution in [0.5, 0.6) is 0 Å². The van der Waals surface area contributed by atoms with Crippen molar-refractivity contribution in [3.05, 3.63) is 46.5 Å². The lowest BCUT2D eigenvalue weighted by atomic mass is 10.3. The van der Waals surface area contributed by atoms with Crippen molar-refractivity contribution < 1.29 is 9.29 Å². The Balaban J connectivity index is 1.82. The number of benzene rings is 1. The second-order valence-corrected chi connectivity index (χ2v) is 6.19. The van der Waals surface area contributed by atoms with Gasteiger partial charge >= 0.3 is 0 Å². The van der Waals surface area contributed by atoms with E-state index in [9.17, 15) is 4.39 Å². The summed E-state index contributed by atoms with van der Waals surface area (Å²) in [6.07, 6.45) is 1.77. The molecule has 23 heavy (non-hydrogen) atoms. The third kappa shape index (κ3) is 3.54. The van der Waals surface area contributed by atoms with Crippen molar-refractivity contribution in [2.45, 2.75) is 6.92 Å². The molecule has 1 aliphatic rings. The SMILES string of the molecule is Cc1nn(-c2ccc(F)cc2)c(Cl)c1/C=N\N1CC[NH+](C)CC1. The summed E-state index contributed by atoms with van der Waals surface area (Å²) in [5.41, 5.74) is 2.31.